The monoisotopic (exact) mass is 322 g/mol. The lowest BCUT2D eigenvalue weighted by Crippen LogP contribution is -2.11. The maximum Gasteiger partial charge on any atom is 0.337 e. The third kappa shape index (κ3) is 3.33. The first-order chi connectivity index (χ1) is 11.7. The van der Waals surface area contributed by atoms with E-state index in [4.69, 9.17) is 4.52 Å². The number of amides is 1. The van der Waals surface area contributed by atoms with Crippen LogP contribution in [0.5, 0.6) is 0 Å². The van der Waals surface area contributed by atoms with Crippen molar-refractivity contribution in [1.82, 2.24) is 5.16 Å². The predicted octanol–water partition coefficient (Wildman–Crippen LogP) is 3.38. The number of anilines is 1. The van der Waals surface area contributed by atoms with Crippen molar-refractivity contribution in [2.45, 2.75) is 0 Å². The summed E-state index contributed by atoms with van der Waals surface area (Å²) in [5.74, 6) is -0.567. The van der Waals surface area contributed by atoms with E-state index in [0.717, 1.165) is 5.56 Å². The van der Waals surface area contributed by atoms with Gasteiger partial charge in [-0.2, -0.15) is 0 Å². The summed E-state index contributed by atoms with van der Waals surface area (Å²) in [6.45, 7) is 0. The van der Waals surface area contributed by atoms with Gasteiger partial charge in [-0.15, -0.1) is 0 Å². The third-order valence-corrected chi connectivity index (χ3v) is 3.38. The molecule has 0 bridgehead atoms. The van der Waals surface area contributed by atoms with Crippen LogP contribution >= 0.6 is 0 Å². The van der Waals surface area contributed by atoms with Crippen LogP contribution in [-0.4, -0.2) is 24.1 Å². The molecule has 0 saturated carbocycles. The molecule has 6 heteroatoms. The minimum absolute atomic E-state index is 0.246. The molecule has 0 unspecified atom stereocenters. The summed E-state index contributed by atoms with van der Waals surface area (Å²) in [5, 5.41) is 6.56. The summed E-state index contributed by atoms with van der Waals surface area (Å²) in [6, 6.07) is 17.3. The minimum Gasteiger partial charge on any atom is -0.465 e. The number of benzene rings is 2. The van der Waals surface area contributed by atoms with Crippen molar-refractivity contribution in [3.8, 4) is 11.3 Å². The molecule has 1 aromatic heterocycles. The lowest BCUT2D eigenvalue weighted by atomic mass is 10.1. The second kappa shape index (κ2) is 6.78. The molecule has 2 aromatic carbocycles. The number of aromatic nitrogens is 1. The smallest absolute Gasteiger partial charge is 0.337 e. The minimum atomic E-state index is -0.454. The van der Waals surface area contributed by atoms with Gasteiger partial charge in [-0.25, -0.2) is 4.79 Å². The molecule has 0 atom stereocenters. The average molecular weight is 322 g/mol. The van der Waals surface area contributed by atoms with E-state index >= 15 is 0 Å². The lowest BCUT2D eigenvalue weighted by Gasteiger charge is -2.02. The number of hydrogen-bond acceptors (Lipinski definition) is 5. The van der Waals surface area contributed by atoms with Gasteiger partial charge in [-0.1, -0.05) is 35.5 Å². The van der Waals surface area contributed by atoms with Crippen LogP contribution in [0, 0.1) is 0 Å². The Balaban J connectivity index is 1.71. The molecule has 0 fully saturated rings. The molecule has 1 amide bonds. The zero-order valence-corrected chi connectivity index (χ0v) is 12.9. The Morgan fingerprint density at radius 2 is 1.67 bits per heavy atom. The number of carbonyl (C=O) groups is 2. The van der Waals surface area contributed by atoms with E-state index < -0.39 is 5.97 Å². The highest BCUT2D eigenvalue weighted by molar-refractivity contribution is 6.04. The predicted molar refractivity (Wildman–Crippen MR) is 87.7 cm³/mol. The molecule has 3 rings (SSSR count). The van der Waals surface area contributed by atoms with E-state index in [1.165, 1.54) is 31.4 Å². The van der Waals surface area contributed by atoms with Crippen LogP contribution < -0.4 is 5.32 Å². The van der Waals surface area contributed by atoms with Gasteiger partial charge in [-0.3, -0.25) is 10.1 Å². The van der Waals surface area contributed by atoms with Crippen molar-refractivity contribution >= 4 is 17.8 Å². The van der Waals surface area contributed by atoms with E-state index in [1.54, 1.807) is 6.07 Å². The topological polar surface area (TPSA) is 81.4 Å². The Morgan fingerprint density at radius 1 is 1.00 bits per heavy atom. The number of hydrogen-bond donors (Lipinski definition) is 1. The molecule has 0 aliphatic carbocycles. The number of esters is 1. The van der Waals surface area contributed by atoms with Crippen molar-refractivity contribution in [3.63, 3.8) is 0 Å². The first-order valence-electron chi connectivity index (χ1n) is 7.19. The molecule has 6 nitrogen and oxygen atoms in total. The SMILES string of the molecule is COC(=O)c1ccc(C(=O)Nc2cc(-c3ccccc3)no2)cc1. The Morgan fingerprint density at radius 3 is 2.33 bits per heavy atom. The standard InChI is InChI=1S/C18H14N2O4/c1-23-18(22)14-9-7-13(8-10-14)17(21)19-16-11-15(20-24-16)12-5-3-2-4-6-12/h2-11H,1H3,(H,19,21). The fourth-order valence-corrected chi connectivity index (χ4v) is 2.14. The second-order valence-electron chi connectivity index (χ2n) is 4.97. The van der Waals surface area contributed by atoms with Crippen molar-refractivity contribution in [1.29, 1.82) is 0 Å². The van der Waals surface area contributed by atoms with Crippen LogP contribution in [0.3, 0.4) is 0 Å². The van der Waals surface area contributed by atoms with Gasteiger partial charge >= 0.3 is 5.97 Å². The normalized spacial score (nSPS) is 10.2. The Kier molecular flexibility index (Phi) is 4.38. The van der Waals surface area contributed by atoms with Crippen LogP contribution in [0.2, 0.25) is 0 Å². The molecule has 1 heterocycles. The van der Waals surface area contributed by atoms with Gasteiger partial charge in [0.25, 0.3) is 5.91 Å². The molecule has 1 N–H and O–H groups in total. The van der Waals surface area contributed by atoms with Crippen LogP contribution in [0.4, 0.5) is 5.88 Å². The van der Waals surface area contributed by atoms with Crippen LogP contribution in [0.25, 0.3) is 11.3 Å². The number of methoxy groups -OCH3 is 1. The van der Waals surface area contributed by atoms with E-state index in [2.05, 4.69) is 15.2 Å². The van der Waals surface area contributed by atoms with Gasteiger partial charge in [0, 0.05) is 17.2 Å². The molecule has 120 valence electrons. The zero-order valence-electron chi connectivity index (χ0n) is 12.9. The van der Waals surface area contributed by atoms with Crippen molar-refractivity contribution in [2.24, 2.45) is 0 Å². The number of ether oxygens (including phenoxy) is 1. The fourth-order valence-electron chi connectivity index (χ4n) is 2.14. The Hall–Kier alpha value is -3.41. The molecular formula is C18H14N2O4. The van der Waals surface area contributed by atoms with Crippen LogP contribution in [0.15, 0.2) is 65.2 Å². The van der Waals surface area contributed by atoms with Crippen molar-refractivity contribution in [2.75, 3.05) is 12.4 Å². The van der Waals surface area contributed by atoms with E-state index in [1.807, 2.05) is 30.3 Å². The van der Waals surface area contributed by atoms with E-state index in [0.29, 0.717) is 16.8 Å². The summed E-state index contributed by atoms with van der Waals surface area (Å²) in [7, 11) is 1.30. The number of carbonyl (C=O) groups excluding carboxylic acids is 2. The molecule has 0 radical (unpaired) electrons. The highest BCUT2D eigenvalue weighted by Gasteiger charge is 2.12. The van der Waals surface area contributed by atoms with Gasteiger partial charge < -0.3 is 9.26 Å². The van der Waals surface area contributed by atoms with Gasteiger partial charge in [-0.05, 0) is 24.3 Å². The molecule has 0 spiro atoms. The number of nitrogens with zero attached hydrogens (tertiary/aromatic N) is 1. The lowest BCUT2D eigenvalue weighted by molar-refractivity contribution is 0.0600. The van der Waals surface area contributed by atoms with Gasteiger partial charge in [0.15, 0.2) is 0 Å². The van der Waals surface area contributed by atoms with Crippen LogP contribution in [0.1, 0.15) is 20.7 Å². The van der Waals surface area contributed by atoms with Crippen molar-refractivity contribution < 1.29 is 18.8 Å². The number of rotatable bonds is 4. The summed E-state index contributed by atoms with van der Waals surface area (Å²) < 4.78 is 9.75. The highest BCUT2D eigenvalue weighted by atomic mass is 16.5. The first-order valence-corrected chi connectivity index (χ1v) is 7.19. The van der Waals surface area contributed by atoms with Gasteiger partial charge in [0.05, 0.1) is 12.7 Å². The Labute approximate surface area is 138 Å². The third-order valence-electron chi connectivity index (χ3n) is 3.38. The molecule has 0 saturated heterocycles. The molecule has 24 heavy (non-hydrogen) atoms. The Bertz CT molecular complexity index is 854. The maximum atomic E-state index is 12.2. The largest absolute Gasteiger partial charge is 0.465 e. The highest BCUT2D eigenvalue weighted by Crippen LogP contribution is 2.21. The quantitative estimate of drug-likeness (QED) is 0.745. The van der Waals surface area contributed by atoms with Crippen molar-refractivity contribution in [3.05, 3.63) is 71.8 Å². The first kappa shape index (κ1) is 15.5. The molecular weight excluding hydrogens is 308 g/mol. The van der Waals surface area contributed by atoms with E-state index in [9.17, 15) is 9.59 Å². The summed E-state index contributed by atoms with van der Waals surface area (Å²) in [4.78, 5) is 23.6. The molecule has 0 aliphatic heterocycles. The van der Waals surface area contributed by atoms with E-state index in [-0.39, 0.29) is 11.8 Å². The fraction of sp³-hybridized carbons (Fsp3) is 0.0556. The van der Waals surface area contributed by atoms with Gasteiger partial charge in [0.2, 0.25) is 5.88 Å². The second-order valence-corrected chi connectivity index (χ2v) is 4.97. The maximum absolute atomic E-state index is 12.2. The summed E-state index contributed by atoms with van der Waals surface area (Å²) >= 11 is 0. The average Bonchev–Trinajstić information content (AvgIpc) is 3.10. The zero-order chi connectivity index (χ0) is 16.9. The summed E-state index contributed by atoms with van der Waals surface area (Å²) in [6.07, 6.45) is 0. The summed E-state index contributed by atoms with van der Waals surface area (Å²) in [5.41, 5.74) is 2.29. The molecule has 0 aliphatic rings. The van der Waals surface area contributed by atoms with Crippen LogP contribution in [-0.2, 0) is 4.74 Å². The molecule has 3 aromatic rings. The van der Waals surface area contributed by atoms with Gasteiger partial charge in [0.1, 0.15) is 5.69 Å². The number of nitrogens with one attached hydrogen (secondary N) is 1.